The van der Waals surface area contributed by atoms with Gasteiger partial charge in [-0.15, -0.1) is 0 Å². The van der Waals surface area contributed by atoms with Crippen LogP contribution in [0.4, 0.5) is 10.2 Å². The van der Waals surface area contributed by atoms with Crippen LogP contribution in [0.3, 0.4) is 0 Å². The van der Waals surface area contributed by atoms with E-state index in [1.165, 1.54) is 13.3 Å². The number of carbonyl (C=O) groups is 1. The first-order valence-corrected chi connectivity index (χ1v) is 7.77. The number of methoxy groups -OCH3 is 1. The Morgan fingerprint density at radius 2 is 2.04 bits per heavy atom. The molecule has 0 unspecified atom stereocenters. The first-order valence-electron chi connectivity index (χ1n) is 7.01. The lowest BCUT2D eigenvalue weighted by atomic mass is 9.97. The first-order chi connectivity index (χ1) is 11.0. The largest absolute Gasteiger partial charge is 0.469 e. The topological polar surface area (TPSA) is 68.2 Å². The first kappa shape index (κ1) is 16.1. The van der Waals surface area contributed by atoms with Gasteiger partial charge in [-0.25, -0.2) is 14.4 Å². The van der Waals surface area contributed by atoms with E-state index < -0.39 is 5.82 Å². The number of pyridine rings is 1. The van der Waals surface area contributed by atoms with Crippen molar-refractivity contribution in [1.29, 1.82) is 0 Å². The summed E-state index contributed by atoms with van der Waals surface area (Å²) in [5.74, 6) is -0.579. The highest BCUT2D eigenvalue weighted by Crippen LogP contribution is 2.31. The molecule has 0 radical (unpaired) electrons. The minimum absolute atomic E-state index is 0.0371. The molecule has 0 N–H and O–H groups in total. The Kier molecular flexibility index (Phi) is 4.50. The number of carbonyl (C=O) groups excluding carboxylic acids is 1. The SMILES string of the molecule is COC(=O)C1CCN(c2nc(Cl)nc3c(F)c(Cl)ncc23)CC1. The molecule has 1 saturated heterocycles. The number of piperidine rings is 1. The Balaban J connectivity index is 1.95. The van der Waals surface area contributed by atoms with Crippen LogP contribution in [0.2, 0.25) is 10.4 Å². The van der Waals surface area contributed by atoms with Crippen molar-refractivity contribution in [3.05, 3.63) is 22.5 Å². The number of ether oxygens (including phenoxy) is 1. The van der Waals surface area contributed by atoms with E-state index in [1.807, 2.05) is 4.90 Å². The number of hydrogen-bond donors (Lipinski definition) is 0. The summed E-state index contributed by atoms with van der Waals surface area (Å²) in [6.45, 7) is 1.15. The summed E-state index contributed by atoms with van der Waals surface area (Å²) in [7, 11) is 1.38. The van der Waals surface area contributed by atoms with Crippen LogP contribution >= 0.6 is 23.2 Å². The second-order valence-corrected chi connectivity index (χ2v) is 5.92. The summed E-state index contributed by atoms with van der Waals surface area (Å²) in [5, 5.41) is 0.110. The predicted octanol–water partition coefficient (Wildman–Crippen LogP) is 2.86. The van der Waals surface area contributed by atoms with Crippen molar-refractivity contribution in [2.24, 2.45) is 5.92 Å². The Morgan fingerprint density at radius 1 is 1.35 bits per heavy atom. The van der Waals surface area contributed by atoms with Gasteiger partial charge in [-0.2, -0.15) is 4.98 Å². The molecule has 3 rings (SSSR count). The van der Waals surface area contributed by atoms with Gasteiger partial charge in [0.15, 0.2) is 11.0 Å². The van der Waals surface area contributed by atoms with Crippen molar-refractivity contribution in [3.63, 3.8) is 0 Å². The maximum absolute atomic E-state index is 14.1. The van der Waals surface area contributed by atoms with Crippen LogP contribution < -0.4 is 4.90 Å². The maximum atomic E-state index is 14.1. The second kappa shape index (κ2) is 6.41. The lowest BCUT2D eigenvalue weighted by molar-refractivity contribution is -0.146. The van der Waals surface area contributed by atoms with Gasteiger partial charge >= 0.3 is 5.97 Å². The molecule has 0 aromatic carbocycles. The number of anilines is 1. The van der Waals surface area contributed by atoms with E-state index in [0.717, 1.165) is 0 Å². The number of esters is 1. The van der Waals surface area contributed by atoms with Gasteiger partial charge in [0.05, 0.1) is 18.4 Å². The van der Waals surface area contributed by atoms with Crippen LogP contribution in [0, 0.1) is 11.7 Å². The normalized spacial score (nSPS) is 15.9. The highest BCUT2D eigenvalue weighted by Gasteiger charge is 2.28. The van der Waals surface area contributed by atoms with Crippen LogP contribution in [0.25, 0.3) is 10.9 Å². The summed E-state index contributed by atoms with van der Waals surface area (Å²) in [6.07, 6.45) is 2.68. The van der Waals surface area contributed by atoms with Crippen molar-refractivity contribution in [1.82, 2.24) is 15.0 Å². The Hall–Kier alpha value is -1.73. The molecule has 1 aliphatic rings. The van der Waals surface area contributed by atoms with Crippen molar-refractivity contribution < 1.29 is 13.9 Å². The van der Waals surface area contributed by atoms with E-state index >= 15 is 0 Å². The molecule has 0 spiro atoms. The fourth-order valence-electron chi connectivity index (χ4n) is 2.73. The van der Waals surface area contributed by atoms with Gasteiger partial charge in [0.25, 0.3) is 0 Å². The molecule has 0 atom stereocenters. The molecular weight excluding hydrogens is 346 g/mol. The smallest absolute Gasteiger partial charge is 0.308 e. The summed E-state index contributed by atoms with van der Waals surface area (Å²) in [5.41, 5.74) is 0.0371. The lowest BCUT2D eigenvalue weighted by Crippen LogP contribution is -2.37. The summed E-state index contributed by atoms with van der Waals surface area (Å²) >= 11 is 11.6. The highest BCUT2D eigenvalue weighted by molar-refractivity contribution is 6.30. The van der Waals surface area contributed by atoms with Crippen molar-refractivity contribution >= 4 is 45.9 Å². The van der Waals surface area contributed by atoms with Crippen LogP contribution in [0.15, 0.2) is 6.20 Å². The minimum Gasteiger partial charge on any atom is -0.469 e. The van der Waals surface area contributed by atoms with Crippen LogP contribution in [-0.4, -0.2) is 41.1 Å². The quantitative estimate of drug-likeness (QED) is 0.467. The van der Waals surface area contributed by atoms with Crippen molar-refractivity contribution in [2.45, 2.75) is 12.8 Å². The number of hydrogen-bond acceptors (Lipinski definition) is 6. The number of nitrogens with zero attached hydrogens (tertiary/aromatic N) is 4. The molecule has 1 fully saturated rings. The average Bonchev–Trinajstić information content (AvgIpc) is 2.57. The summed E-state index contributed by atoms with van der Waals surface area (Å²) in [4.78, 5) is 25.4. The predicted molar refractivity (Wildman–Crippen MR) is 84.3 cm³/mol. The molecule has 0 aliphatic carbocycles. The zero-order valence-electron chi connectivity index (χ0n) is 12.2. The van der Waals surface area contributed by atoms with Gasteiger partial charge in [-0.05, 0) is 24.4 Å². The molecule has 3 heterocycles. The van der Waals surface area contributed by atoms with Gasteiger partial charge < -0.3 is 9.64 Å². The summed E-state index contributed by atoms with van der Waals surface area (Å²) < 4.78 is 18.9. The molecule has 6 nitrogen and oxygen atoms in total. The minimum atomic E-state index is -0.723. The van der Waals surface area contributed by atoms with E-state index in [-0.39, 0.29) is 27.8 Å². The average molecular weight is 359 g/mol. The van der Waals surface area contributed by atoms with E-state index in [4.69, 9.17) is 27.9 Å². The van der Waals surface area contributed by atoms with E-state index in [1.54, 1.807) is 0 Å². The van der Waals surface area contributed by atoms with Crippen molar-refractivity contribution in [3.8, 4) is 0 Å². The number of rotatable bonds is 2. The van der Waals surface area contributed by atoms with Crippen LogP contribution in [-0.2, 0) is 9.53 Å². The molecule has 23 heavy (non-hydrogen) atoms. The highest BCUT2D eigenvalue weighted by atomic mass is 35.5. The fourth-order valence-corrected chi connectivity index (χ4v) is 3.03. The molecule has 9 heteroatoms. The maximum Gasteiger partial charge on any atom is 0.308 e. The Bertz CT molecular complexity index is 766. The molecule has 0 amide bonds. The monoisotopic (exact) mass is 358 g/mol. The van der Waals surface area contributed by atoms with Gasteiger partial charge in [-0.1, -0.05) is 11.6 Å². The van der Waals surface area contributed by atoms with Gasteiger partial charge in [0.2, 0.25) is 5.28 Å². The molecule has 0 saturated carbocycles. The molecule has 0 bridgehead atoms. The zero-order valence-corrected chi connectivity index (χ0v) is 13.7. The standard InChI is InChI=1S/C14H13Cl2FN4O2/c1-23-13(22)7-2-4-21(5-3-7)12-8-6-18-11(15)9(17)10(8)19-14(16)20-12/h6-7H,2-5H2,1H3. The number of fused-ring (bicyclic) bond motifs is 1. The van der Waals surface area contributed by atoms with E-state index in [2.05, 4.69) is 15.0 Å². The fraction of sp³-hybridized carbons (Fsp3) is 0.429. The Labute approximate surface area is 141 Å². The van der Waals surface area contributed by atoms with Crippen molar-refractivity contribution in [2.75, 3.05) is 25.1 Å². The second-order valence-electron chi connectivity index (χ2n) is 5.23. The Morgan fingerprint density at radius 3 is 2.70 bits per heavy atom. The van der Waals surface area contributed by atoms with Crippen LogP contribution in [0.1, 0.15) is 12.8 Å². The summed E-state index contributed by atoms with van der Waals surface area (Å²) in [6, 6.07) is 0. The molecule has 2 aromatic rings. The number of aromatic nitrogens is 3. The third-order valence-corrected chi connectivity index (χ3v) is 4.36. The lowest BCUT2D eigenvalue weighted by Gasteiger charge is -2.32. The van der Waals surface area contributed by atoms with E-state index in [0.29, 0.717) is 37.1 Å². The molecule has 122 valence electrons. The van der Waals surface area contributed by atoms with Gasteiger partial charge in [0, 0.05) is 19.3 Å². The van der Waals surface area contributed by atoms with E-state index in [9.17, 15) is 9.18 Å². The zero-order chi connectivity index (χ0) is 16.6. The molecular formula is C14H13Cl2FN4O2. The number of halogens is 3. The molecule has 2 aromatic heterocycles. The van der Waals surface area contributed by atoms with Gasteiger partial charge in [-0.3, -0.25) is 4.79 Å². The third kappa shape index (κ3) is 3.03. The molecule has 1 aliphatic heterocycles. The third-order valence-electron chi connectivity index (χ3n) is 3.92. The van der Waals surface area contributed by atoms with Crippen LogP contribution in [0.5, 0.6) is 0 Å². The van der Waals surface area contributed by atoms with Gasteiger partial charge in [0.1, 0.15) is 11.3 Å².